The molecule has 3 heterocycles. The van der Waals surface area contributed by atoms with Crippen LogP contribution in [0.15, 0.2) is 61.1 Å². The number of methoxy groups -OCH3 is 2. The molecule has 1 saturated heterocycles. The molecule has 1 aliphatic heterocycles. The molecule has 2 aromatic carbocycles. The minimum Gasteiger partial charge on any atom is -0.493 e. The maximum Gasteiger partial charge on any atom is 0.161 e. The van der Waals surface area contributed by atoms with E-state index < -0.39 is 0 Å². The Bertz CT molecular complexity index is 1240. The van der Waals surface area contributed by atoms with Gasteiger partial charge in [0, 0.05) is 30.2 Å². The largest absolute Gasteiger partial charge is 0.493 e. The summed E-state index contributed by atoms with van der Waals surface area (Å²) >= 11 is 0. The highest BCUT2D eigenvalue weighted by atomic mass is 16.5. The normalized spacial score (nSPS) is 13.9. The smallest absolute Gasteiger partial charge is 0.161 e. The van der Waals surface area contributed by atoms with Crippen molar-refractivity contribution in [3.8, 4) is 33.9 Å². The predicted molar refractivity (Wildman–Crippen MR) is 124 cm³/mol. The molecule has 162 valence electrons. The number of ether oxygens (including phenoxy) is 3. The van der Waals surface area contributed by atoms with E-state index in [4.69, 9.17) is 14.2 Å². The Kier molecular flexibility index (Phi) is 5.56. The van der Waals surface area contributed by atoms with Gasteiger partial charge >= 0.3 is 0 Å². The van der Waals surface area contributed by atoms with Gasteiger partial charge in [0.1, 0.15) is 12.1 Å². The molecule has 1 aliphatic rings. The molecule has 0 N–H and O–H groups in total. The molecule has 1 fully saturated rings. The Morgan fingerprint density at radius 3 is 2.28 bits per heavy atom. The van der Waals surface area contributed by atoms with Gasteiger partial charge in [-0.25, -0.2) is 15.0 Å². The summed E-state index contributed by atoms with van der Waals surface area (Å²) in [5.41, 5.74) is 4.78. The second-order valence-corrected chi connectivity index (χ2v) is 7.53. The van der Waals surface area contributed by atoms with E-state index in [0.29, 0.717) is 11.5 Å². The lowest BCUT2D eigenvalue weighted by Gasteiger charge is -2.27. The van der Waals surface area contributed by atoms with E-state index in [0.717, 1.165) is 65.4 Å². The summed E-state index contributed by atoms with van der Waals surface area (Å²) < 4.78 is 16.3. The van der Waals surface area contributed by atoms with E-state index in [9.17, 15) is 0 Å². The van der Waals surface area contributed by atoms with Crippen LogP contribution in [-0.4, -0.2) is 55.5 Å². The fourth-order valence-corrected chi connectivity index (χ4v) is 3.99. The Labute approximate surface area is 186 Å². The summed E-state index contributed by atoms with van der Waals surface area (Å²) in [7, 11) is 3.27. The van der Waals surface area contributed by atoms with Crippen molar-refractivity contribution < 1.29 is 14.2 Å². The summed E-state index contributed by atoms with van der Waals surface area (Å²) in [5.74, 6) is 2.35. The van der Waals surface area contributed by atoms with Gasteiger partial charge in [0.05, 0.1) is 38.6 Å². The number of nitrogens with zero attached hydrogens (tertiary/aromatic N) is 4. The molecule has 0 saturated carbocycles. The number of fused-ring (bicyclic) bond motifs is 1. The fourth-order valence-electron chi connectivity index (χ4n) is 3.99. The number of hydrogen-bond acceptors (Lipinski definition) is 7. The zero-order valence-corrected chi connectivity index (χ0v) is 18.1. The average molecular weight is 428 g/mol. The maximum atomic E-state index is 5.47. The molecule has 2 aromatic heterocycles. The monoisotopic (exact) mass is 428 g/mol. The van der Waals surface area contributed by atoms with E-state index in [1.54, 1.807) is 20.5 Å². The molecule has 0 unspecified atom stereocenters. The second kappa shape index (κ2) is 8.80. The predicted octanol–water partition coefficient (Wildman–Crippen LogP) is 4.21. The van der Waals surface area contributed by atoms with E-state index in [2.05, 4.69) is 38.1 Å². The average Bonchev–Trinajstić information content (AvgIpc) is 2.88. The molecule has 7 nitrogen and oxygen atoms in total. The first-order chi connectivity index (χ1) is 15.8. The third kappa shape index (κ3) is 3.83. The molecule has 32 heavy (non-hydrogen) atoms. The minimum atomic E-state index is 0.692. The maximum absolute atomic E-state index is 5.47. The highest BCUT2D eigenvalue weighted by Crippen LogP contribution is 2.35. The molecule has 0 spiro atoms. The second-order valence-electron chi connectivity index (χ2n) is 7.53. The van der Waals surface area contributed by atoms with E-state index >= 15 is 0 Å². The Balaban J connectivity index is 1.53. The minimum absolute atomic E-state index is 0.692. The van der Waals surface area contributed by atoms with Crippen molar-refractivity contribution in [2.24, 2.45) is 0 Å². The van der Waals surface area contributed by atoms with Crippen LogP contribution in [0.2, 0.25) is 0 Å². The zero-order chi connectivity index (χ0) is 21.9. The molecule has 0 atom stereocenters. The summed E-state index contributed by atoms with van der Waals surface area (Å²) in [6.07, 6.45) is 3.49. The summed E-state index contributed by atoms with van der Waals surface area (Å²) in [6.45, 7) is 3.19. The van der Waals surface area contributed by atoms with E-state index in [1.165, 1.54) is 0 Å². The Morgan fingerprint density at radius 2 is 1.53 bits per heavy atom. The number of morpholine rings is 1. The van der Waals surface area contributed by atoms with Crippen LogP contribution in [-0.2, 0) is 4.74 Å². The van der Waals surface area contributed by atoms with Crippen LogP contribution in [0.3, 0.4) is 0 Å². The quantitative estimate of drug-likeness (QED) is 0.472. The SMILES string of the molecule is COc1ccc(-c2ccc3ncnc(-c4ccc(N5CCOCC5)nc4)c3c2)cc1OC. The number of rotatable bonds is 5. The first kappa shape index (κ1) is 20.2. The molecule has 0 amide bonds. The van der Waals surface area contributed by atoms with Crippen LogP contribution in [0.25, 0.3) is 33.3 Å². The van der Waals surface area contributed by atoms with Gasteiger partial charge in [-0.05, 0) is 47.5 Å². The first-order valence-electron chi connectivity index (χ1n) is 10.5. The third-order valence-corrected chi connectivity index (χ3v) is 5.71. The van der Waals surface area contributed by atoms with Gasteiger partial charge in [-0.1, -0.05) is 12.1 Å². The Morgan fingerprint density at radius 1 is 0.781 bits per heavy atom. The van der Waals surface area contributed by atoms with Crippen molar-refractivity contribution in [2.75, 3.05) is 45.4 Å². The molecule has 0 aliphatic carbocycles. The molecule has 7 heteroatoms. The van der Waals surface area contributed by atoms with Crippen molar-refractivity contribution >= 4 is 16.7 Å². The van der Waals surface area contributed by atoms with E-state index in [1.807, 2.05) is 36.5 Å². The molecular formula is C25H24N4O3. The van der Waals surface area contributed by atoms with Gasteiger partial charge in [-0.15, -0.1) is 0 Å². The lowest BCUT2D eigenvalue weighted by atomic mass is 10.0. The van der Waals surface area contributed by atoms with Crippen molar-refractivity contribution in [1.82, 2.24) is 15.0 Å². The molecule has 5 rings (SSSR count). The highest BCUT2D eigenvalue weighted by molar-refractivity contribution is 5.95. The molecule has 0 bridgehead atoms. The van der Waals surface area contributed by atoms with E-state index in [-0.39, 0.29) is 0 Å². The van der Waals surface area contributed by atoms with Crippen molar-refractivity contribution in [2.45, 2.75) is 0 Å². The number of benzene rings is 2. The summed E-state index contributed by atoms with van der Waals surface area (Å²) in [4.78, 5) is 16.0. The van der Waals surface area contributed by atoms with Crippen LogP contribution >= 0.6 is 0 Å². The first-order valence-corrected chi connectivity index (χ1v) is 10.5. The lowest BCUT2D eigenvalue weighted by Crippen LogP contribution is -2.36. The van der Waals surface area contributed by atoms with Gasteiger partial charge < -0.3 is 19.1 Å². The van der Waals surface area contributed by atoms with Gasteiger partial charge in [-0.2, -0.15) is 0 Å². The lowest BCUT2D eigenvalue weighted by molar-refractivity contribution is 0.122. The van der Waals surface area contributed by atoms with Crippen LogP contribution in [0.1, 0.15) is 0 Å². The molecule has 0 radical (unpaired) electrons. The topological polar surface area (TPSA) is 69.6 Å². The number of pyridine rings is 1. The molecular weight excluding hydrogens is 404 g/mol. The summed E-state index contributed by atoms with van der Waals surface area (Å²) in [5, 5.41) is 0.973. The number of anilines is 1. The van der Waals surface area contributed by atoms with Gasteiger partial charge in [0.2, 0.25) is 0 Å². The van der Waals surface area contributed by atoms with Gasteiger partial charge in [0.25, 0.3) is 0 Å². The van der Waals surface area contributed by atoms with Crippen LogP contribution in [0.4, 0.5) is 5.82 Å². The van der Waals surface area contributed by atoms with Crippen molar-refractivity contribution in [3.05, 3.63) is 61.1 Å². The third-order valence-electron chi connectivity index (χ3n) is 5.71. The van der Waals surface area contributed by atoms with Gasteiger partial charge in [-0.3, -0.25) is 0 Å². The van der Waals surface area contributed by atoms with Gasteiger partial charge in [0.15, 0.2) is 11.5 Å². The summed E-state index contributed by atoms with van der Waals surface area (Å²) in [6, 6.07) is 16.2. The standard InChI is InChI=1S/C25H24N4O3/c1-30-22-7-4-18(14-23(22)31-2)17-3-6-21-20(13-17)25(28-16-27-21)19-5-8-24(26-15-19)29-9-11-32-12-10-29/h3-8,13-16H,9-12H2,1-2H3. The van der Waals surface area contributed by atoms with Crippen LogP contribution in [0, 0.1) is 0 Å². The van der Waals surface area contributed by atoms with Crippen LogP contribution < -0.4 is 14.4 Å². The van der Waals surface area contributed by atoms with Crippen molar-refractivity contribution in [1.29, 1.82) is 0 Å². The van der Waals surface area contributed by atoms with Crippen LogP contribution in [0.5, 0.6) is 11.5 Å². The number of hydrogen-bond donors (Lipinski definition) is 0. The number of aromatic nitrogens is 3. The zero-order valence-electron chi connectivity index (χ0n) is 18.1. The molecule has 4 aromatic rings. The van der Waals surface area contributed by atoms with Crippen molar-refractivity contribution in [3.63, 3.8) is 0 Å². The highest BCUT2D eigenvalue weighted by Gasteiger charge is 2.14. The fraction of sp³-hybridized carbons (Fsp3) is 0.240. The Hall–Kier alpha value is -3.71.